The smallest absolute Gasteiger partial charge is 0.338 e. The molecule has 4 rings (SSSR count). The zero-order valence-electron chi connectivity index (χ0n) is 27.9. The van der Waals surface area contributed by atoms with Crippen LogP contribution in [-0.2, 0) is 63.6 Å². The number of azide groups is 1. The summed E-state index contributed by atoms with van der Waals surface area (Å²) in [6.07, 6.45) is -10.6. The number of esters is 5. The maximum absolute atomic E-state index is 13.4. The number of nitrogens with zero attached hydrogens (tertiary/aromatic N) is 3. The van der Waals surface area contributed by atoms with E-state index in [9.17, 15) is 29.5 Å². The van der Waals surface area contributed by atoms with E-state index in [2.05, 4.69) is 10.0 Å². The van der Waals surface area contributed by atoms with Crippen LogP contribution >= 0.6 is 0 Å². The van der Waals surface area contributed by atoms with Crippen molar-refractivity contribution in [3.8, 4) is 0 Å². The Kier molecular flexibility index (Phi) is 13.3. The van der Waals surface area contributed by atoms with Crippen molar-refractivity contribution in [2.45, 2.75) is 89.5 Å². The molecule has 0 amide bonds. The predicted octanol–water partition coefficient (Wildman–Crippen LogP) is 3.18. The lowest BCUT2D eigenvalue weighted by Gasteiger charge is -2.46. The average Bonchev–Trinajstić information content (AvgIpc) is 3.08. The summed E-state index contributed by atoms with van der Waals surface area (Å²) in [4.78, 5) is 64.5. The average molecular weight is 700 g/mol. The molecule has 2 heterocycles. The van der Waals surface area contributed by atoms with Crippen LogP contribution in [0.4, 0.5) is 0 Å². The molecule has 50 heavy (non-hydrogen) atoms. The maximum Gasteiger partial charge on any atom is 0.338 e. The largest absolute Gasteiger partial charge is 0.465 e. The van der Waals surface area contributed by atoms with E-state index in [1.807, 2.05) is 0 Å². The number of hydrogen-bond donors (Lipinski definition) is 0. The summed E-state index contributed by atoms with van der Waals surface area (Å²) in [5.41, 5.74) is 10.6. The van der Waals surface area contributed by atoms with Gasteiger partial charge in [0.15, 0.2) is 37.0 Å². The molecule has 2 aromatic rings. The fourth-order valence-electron chi connectivity index (χ4n) is 5.40. The minimum atomic E-state index is -1.54. The molecular weight excluding hydrogens is 662 g/mol. The Labute approximate surface area is 286 Å². The maximum atomic E-state index is 13.4. The molecule has 17 nitrogen and oxygen atoms in total. The first-order valence-electron chi connectivity index (χ1n) is 15.4. The Balaban J connectivity index is 1.71. The van der Waals surface area contributed by atoms with E-state index in [0.29, 0.717) is 11.1 Å². The van der Waals surface area contributed by atoms with Gasteiger partial charge in [-0.05, 0) is 42.3 Å². The number of rotatable bonds is 12. The highest BCUT2D eigenvalue weighted by Gasteiger charge is 2.53. The number of carbonyl (C=O) groups excluding carboxylic acids is 5. The normalized spacial score (nSPS) is 27.5. The number of ether oxygens (including phenoxy) is 9. The van der Waals surface area contributed by atoms with E-state index in [0.717, 1.165) is 20.8 Å². The third-order valence-electron chi connectivity index (χ3n) is 7.58. The molecule has 17 heteroatoms. The second kappa shape index (κ2) is 17.6. The summed E-state index contributed by atoms with van der Waals surface area (Å²) in [5.74, 6) is -3.63. The Morgan fingerprint density at radius 1 is 0.780 bits per heavy atom. The number of carbonyl (C=O) groups is 5. The van der Waals surface area contributed by atoms with Gasteiger partial charge in [0.1, 0.15) is 6.10 Å². The summed E-state index contributed by atoms with van der Waals surface area (Å²) < 4.78 is 51.2. The van der Waals surface area contributed by atoms with Crippen molar-refractivity contribution in [3.63, 3.8) is 0 Å². The summed E-state index contributed by atoms with van der Waals surface area (Å²) in [7, 11) is 1.27. The highest BCUT2D eigenvalue weighted by atomic mass is 16.8. The van der Waals surface area contributed by atoms with Crippen molar-refractivity contribution in [1.82, 2.24) is 0 Å². The highest BCUT2D eigenvalue weighted by Crippen LogP contribution is 2.34. The minimum Gasteiger partial charge on any atom is -0.465 e. The van der Waals surface area contributed by atoms with Crippen LogP contribution in [0.5, 0.6) is 0 Å². The summed E-state index contributed by atoms with van der Waals surface area (Å²) >= 11 is 0. The van der Waals surface area contributed by atoms with Crippen LogP contribution in [0.1, 0.15) is 54.0 Å². The molecular formula is C33H37N3O14. The van der Waals surface area contributed by atoms with E-state index >= 15 is 0 Å². The van der Waals surface area contributed by atoms with Crippen molar-refractivity contribution in [3.05, 3.63) is 81.7 Å². The van der Waals surface area contributed by atoms with Gasteiger partial charge in [-0.3, -0.25) is 14.4 Å². The lowest BCUT2D eigenvalue weighted by molar-refractivity contribution is -0.331. The van der Waals surface area contributed by atoms with Gasteiger partial charge in [0.2, 0.25) is 0 Å². The number of hydrogen-bond acceptors (Lipinski definition) is 15. The summed E-state index contributed by atoms with van der Waals surface area (Å²) in [5, 5.41) is 3.86. The van der Waals surface area contributed by atoms with Gasteiger partial charge in [-0.25, -0.2) is 9.59 Å². The van der Waals surface area contributed by atoms with Crippen LogP contribution in [-0.4, -0.2) is 98.8 Å². The van der Waals surface area contributed by atoms with Gasteiger partial charge in [-0.1, -0.05) is 35.4 Å². The Bertz CT molecular complexity index is 1570. The van der Waals surface area contributed by atoms with Gasteiger partial charge in [-0.2, -0.15) is 0 Å². The van der Waals surface area contributed by atoms with Crippen molar-refractivity contribution >= 4 is 29.8 Å². The molecule has 0 saturated carbocycles. The minimum absolute atomic E-state index is 0.0915. The van der Waals surface area contributed by atoms with Gasteiger partial charge >= 0.3 is 29.8 Å². The molecule has 9 atom stereocenters. The fraction of sp³-hybridized carbons (Fsp3) is 0.485. The molecule has 2 fully saturated rings. The first-order valence-corrected chi connectivity index (χ1v) is 15.4. The van der Waals surface area contributed by atoms with Crippen molar-refractivity contribution in [2.75, 3.05) is 13.7 Å². The van der Waals surface area contributed by atoms with Gasteiger partial charge in [-0.15, -0.1) is 0 Å². The van der Waals surface area contributed by atoms with Crippen LogP contribution < -0.4 is 0 Å². The van der Waals surface area contributed by atoms with Crippen LogP contribution in [0.3, 0.4) is 0 Å². The topological polar surface area (TPSA) is 217 Å². The van der Waals surface area contributed by atoms with Crippen molar-refractivity contribution in [2.24, 2.45) is 5.11 Å². The Morgan fingerprint density at radius 3 is 1.98 bits per heavy atom. The first kappa shape index (κ1) is 37.8. The third kappa shape index (κ3) is 9.77. The standard InChI is InChI=1S/C33H37N3O14/c1-17-25(35-36-34)27(50-33-28(48-20(4)39)26(47-19(3)38)24(16-44-33)46-18(2)37)29(49-31(41)22-9-7-6-8-10-22)32(45-17)43-15-21-11-13-23(14-12-21)30(40)42-5/h6-14,17,24-29,32-33H,15-16H2,1-5H3/t17-,24-,25+,26+,27+,28-,29-,32-,33+/m1/s1. The molecule has 2 aliphatic heterocycles. The molecule has 0 unspecified atom stereocenters. The van der Waals surface area contributed by atoms with Gasteiger partial charge in [0.05, 0.1) is 43.6 Å². The molecule has 0 radical (unpaired) electrons. The molecule has 0 bridgehead atoms. The highest BCUT2D eigenvalue weighted by molar-refractivity contribution is 5.89. The second-order valence-corrected chi connectivity index (χ2v) is 11.2. The Morgan fingerprint density at radius 2 is 1.38 bits per heavy atom. The zero-order chi connectivity index (χ0) is 36.4. The molecule has 268 valence electrons. The van der Waals surface area contributed by atoms with Crippen LogP contribution in [0.15, 0.2) is 59.7 Å². The van der Waals surface area contributed by atoms with Crippen LogP contribution in [0.2, 0.25) is 0 Å². The van der Waals surface area contributed by atoms with E-state index in [1.165, 1.54) is 19.2 Å². The predicted molar refractivity (Wildman–Crippen MR) is 167 cm³/mol. The molecule has 2 saturated heterocycles. The van der Waals surface area contributed by atoms with Crippen LogP contribution in [0.25, 0.3) is 10.4 Å². The lowest BCUT2D eigenvalue weighted by Crippen LogP contribution is -2.63. The van der Waals surface area contributed by atoms with Crippen LogP contribution in [0, 0.1) is 0 Å². The number of benzene rings is 2. The van der Waals surface area contributed by atoms with Crippen molar-refractivity contribution < 1.29 is 66.6 Å². The molecule has 0 aliphatic carbocycles. The second-order valence-electron chi connectivity index (χ2n) is 11.2. The molecule has 0 aromatic heterocycles. The van der Waals surface area contributed by atoms with E-state index < -0.39 is 85.1 Å². The zero-order valence-corrected chi connectivity index (χ0v) is 27.9. The van der Waals surface area contributed by atoms with Gasteiger partial charge < -0.3 is 42.6 Å². The van der Waals surface area contributed by atoms with Gasteiger partial charge in [0, 0.05) is 25.7 Å². The van der Waals surface area contributed by atoms with Gasteiger partial charge in [0.25, 0.3) is 0 Å². The molecule has 0 spiro atoms. The van der Waals surface area contributed by atoms with E-state index in [4.69, 9.17) is 42.6 Å². The molecule has 0 N–H and O–H groups in total. The Hall–Kier alpha value is -5.06. The van der Waals surface area contributed by atoms with E-state index in [-0.39, 0.29) is 18.8 Å². The molecule has 2 aliphatic rings. The monoisotopic (exact) mass is 699 g/mol. The lowest BCUT2D eigenvalue weighted by atomic mass is 9.96. The van der Waals surface area contributed by atoms with Crippen molar-refractivity contribution in [1.29, 1.82) is 0 Å². The summed E-state index contributed by atoms with van der Waals surface area (Å²) in [6, 6.07) is 13.2. The fourth-order valence-corrected chi connectivity index (χ4v) is 5.40. The van der Waals surface area contributed by atoms with E-state index in [1.54, 1.807) is 49.4 Å². The first-order chi connectivity index (χ1) is 23.9. The number of methoxy groups -OCH3 is 1. The quantitative estimate of drug-likeness (QED) is 0.102. The SMILES string of the molecule is COC(=O)c1ccc(CO[C@@H]2O[C@H](C)[C@H](N=[N+]=[N-])[C@H](O[C@@H]3OC[C@@H](OC(C)=O)[C@H](OC(C)=O)[C@H]3OC(C)=O)[C@H]2OC(=O)c2ccccc2)cc1. The summed E-state index contributed by atoms with van der Waals surface area (Å²) in [6.45, 7) is 4.48. The third-order valence-corrected chi connectivity index (χ3v) is 7.58. The molecule has 2 aromatic carbocycles.